The maximum Gasteiger partial charge on any atom is 0.173 e. The number of anilines is 1. The summed E-state index contributed by atoms with van der Waals surface area (Å²) in [6, 6.07) is 9.45. The molecule has 3 N–H and O–H groups in total. The van der Waals surface area contributed by atoms with E-state index in [2.05, 4.69) is 56.1 Å². The lowest BCUT2D eigenvalue weighted by molar-refractivity contribution is -0.119. The van der Waals surface area contributed by atoms with Crippen molar-refractivity contribution in [2.45, 2.75) is 77.9 Å². The maximum absolute atomic E-state index is 13.0. The van der Waals surface area contributed by atoms with Gasteiger partial charge in [-0.3, -0.25) is 14.7 Å². The molecular weight excluding hydrogens is 396 g/mol. The summed E-state index contributed by atoms with van der Waals surface area (Å²) in [4.78, 5) is 20.4. The predicted octanol–water partition coefficient (Wildman–Crippen LogP) is 4.74. The third kappa shape index (κ3) is 5.69. The molecule has 0 amide bonds. The molecule has 0 spiro atoms. The molecule has 174 valence electrons. The lowest BCUT2D eigenvalue weighted by atomic mass is 9.75. The summed E-state index contributed by atoms with van der Waals surface area (Å²) in [5, 5.41) is 3.45. The van der Waals surface area contributed by atoms with E-state index in [9.17, 15) is 4.79 Å². The van der Waals surface area contributed by atoms with Crippen LogP contribution in [0.2, 0.25) is 0 Å². The van der Waals surface area contributed by atoms with Gasteiger partial charge in [-0.15, -0.1) is 0 Å². The third-order valence-electron chi connectivity index (χ3n) is 6.77. The van der Waals surface area contributed by atoms with Gasteiger partial charge in [0.25, 0.3) is 0 Å². The van der Waals surface area contributed by atoms with Crippen molar-refractivity contribution in [1.82, 2.24) is 4.90 Å². The molecule has 1 aromatic rings. The summed E-state index contributed by atoms with van der Waals surface area (Å²) >= 11 is 0. The number of carbonyl (C=O) groups is 1. The highest BCUT2D eigenvalue weighted by molar-refractivity contribution is 6.15. The molecule has 2 unspecified atom stereocenters. The van der Waals surface area contributed by atoms with Gasteiger partial charge in [-0.2, -0.15) is 0 Å². The number of rotatable bonds is 10. The zero-order valence-corrected chi connectivity index (χ0v) is 20.2. The molecule has 0 saturated heterocycles. The number of aliphatic imine (C=N–C) groups is 1. The summed E-state index contributed by atoms with van der Waals surface area (Å²) in [7, 11) is 0. The highest BCUT2D eigenvalue weighted by Gasteiger charge is 2.39. The fourth-order valence-corrected chi connectivity index (χ4v) is 4.96. The lowest BCUT2D eigenvalue weighted by Crippen LogP contribution is -2.44. The van der Waals surface area contributed by atoms with E-state index < -0.39 is 5.41 Å². The third-order valence-corrected chi connectivity index (χ3v) is 6.77. The average molecular weight is 437 g/mol. The minimum atomic E-state index is -0.804. The minimum Gasteiger partial charge on any atom is -0.386 e. The Morgan fingerprint density at radius 3 is 2.62 bits per heavy atom. The Bertz CT molecular complexity index is 862. The largest absolute Gasteiger partial charge is 0.386 e. The number of unbranched alkanes of at least 4 members (excludes halogenated alkanes) is 2. The number of carbonyl (C=O) groups excluding carboxylic acids is 1. The number of nitrogens with two attached hydrogens (primary N) is 1. The van der Waals surface area contributed by atoms with Crippen LogP contribution in [0.3, 0.4) is 0 Å². The Morgan fingerprint density at radius 2 is 1.91 bits per heavy atom. The van der Waals surface area contributed by atoms with Crippen molar-refractivity contribution < 1.29 is 4.79 Å². The molecule has 2 atom stereocenters. The van der Waals surface area contributed by atoms with Crippen LogP contribution in [0.25, 0.3) is 0 Å². The number of ketones is 1. The molecule has 2 aliphatic rings. The fraction of sp³-hybridized carbons (Fsp3) is 0.556. The molecule has 32 heavy (non-hydrogen) atoms. The van der Waals surface area contributed by atoms with E-state index in [1.807, 2.05) is 18.2 Å². The number of amidine groups is 1. The Morgan fingerprint density at radius 1 is 1.16 bits per heavy atom. The Hall–Kier alpha value is -2.40. The van der Waals surface area contributed by atoms with Crippen molar-refractivity contribution in [3.8, 4) is 0 Å². The molecule has 0 aromatic heterocycles. The molecule has 1 aromatic carbocycles. The maximum atomic E-state index is 13.0. The van der Waals surface area contributed by atoms with Gasteiger partial charge in [-0.25, -0.2) is 0 Å². The number of hydrogen-bond acceptors (Lipinski definition) is 4. The standard InChI is InChI=1S/C27H40N4O/c1-20(2)31(21(3)4)17-11-5-9-15-27(16-10-8-14-25(27)32)26(28)30-23-18-22-12-6-7-13-24(22)29-19-23/h6-8,10,12-14,16,20-21,23,29H,5,9,11,15,17-19H2,1-4H3,(H2,28,30). The molecule has 0 bridgehead atoms. The molecule has 5 heteroatoms. The van der Waals surface area contributed by atoms with Gasteiger partial charge < -0.3 is 11.1 Å². The molecule has 5 nitrogen and oxygen atoms in total. The van der Waals surface area contributed by atoms with E-state index in [1.165, 1.54) is 11.3 Å². The van der Waals surface area contributed by atoms with E-state index >= 15 is 0 Å². The van der Waals surface area contributed by atoms with Crippen LogP contribution < -0.4 is 11.1 Å². The number of fused-ring (bicyclic) bond motifs is 1. The highest BCUT2D eigenvalue weighted by atomic mass is 16.1. The summed E-state index contributed by atoms with van der Waals surface area (Å²) in [5.74, 6) is 0.511. The van der Waals surface area contributed by atoms with Gasteiger partial charge in [0, 0.05) is 24.3 Å². The quantitative estimate of drug-likeness (QED) is 0.316. The normalized spacial score (nSPS) is 23.2. The van der Waals surface area contributed by atoms with E-state index in [-0.39, 0.29) is 11.8 Å². The highest BCUT2D eigenvalue weighted by Crippen LogP contribution is 2.33. The van der Waals surface area contributed by atoms with Gasteiger partial charge in [0.1, 0.15) is 11.3 Å². The first kappa shape index (κ1) is 24.2. The van der Waals surface area contributed by atoms with Crippen LogP contribution in [0.1, 0.15) is 58.9 Å². The monoisotopic (exact) mass is 436 g/mol. The first-order valence-corrected chi connectivity index (χ1v) is 12.1. The van der Waals surface area contributed by atoms with Gasteiger partial charge in [0.2, 0.25) is 0 Å². The van der Waals surface area contributed by atoms with Gasteiger partial charge in [-0.1, -0.05) is 49.3 Å². The van der Waals surface area contributed by atoms with E-state index in [0.717, 1.165) is 38.8 Å². The molecule has 1 aliphatic heterocycles. The molecule has 1 aliphatic carbocycles. The topological polar surface area (TPSA) is 70.7 Å². The predicted molar refractivity (Wildman–Crippen MR) is 135 cm³/mol. The van der Waals surface area contributed by atoms with Crippen LogP contribution in [0, 0.1) is 5.41 Å². The zero-order valence-electron chi connectivity index (χ0n) is 20.2. The number of nitrogens with zero attached hydrogens (tertiary/aromatic N) is 2. The number of hydrogen-bond donors (Lipinski definition) is 2. The van der Waals surface area contributed by atoms with Gasteiger partial charge in [0.05, 0.1) is 6.04 Å². The van der Waals surface area contributed by atoms with Gasteiger partial charge >= 0.3 is 0 Å². The molecule has 0 fully saturated rings. The Labute approximate surface area is 193 Å². The van der Waals surface area contributed by atoms with Crippen LogP contribution >= 0.6 is 0 Å². The minimum absolute atomic E-state index is 0.0412. The number of para-hydroxylation sites is 1. The molecule has 3 rings (SSSR count). The first-order chi connectivity index (χ1) is 15.3. The van der Waals surface area contributed by atoms with Gasteiger partial charge in [-0.05, 0) is 71.2 Å². The molecule has 0 radical (unpaired) electrons. The summed E-state index contributed by atoms with van der Waals surface area (Å²) in [5.41, 5.74) is 8.19. The number of allylic oxidation sites excluding steroid dienone is 3. The van der Waals surface area contributed by atoms with E-state index in [0.29, 0.717) is 24.3 Å². The van der Waals surface area contributed by atoms with Crippen LogP contribution in [0.15, 0.2) is 53.6 Å². The Kier molecular flexibility index (Phi) is 8.30. The summed E-state index contributed by atoms with van der Waals surface area (Å²) < 4.78 is 0. The van der Waals surface area contributed by atoms with E-state index in [4.69, 9.17) is 10.7 Å². The Balaban J connectivity index is 1.64. The van der Waals surface area contributed by atoms with Crippen molar-refractivity contribution in [3.63, 3.8) is 0 Å². The average Bonchev–Trinajstić information content (AvgIpc) is 2.76. The van der Waals surface area contributed by atoms with Crippen LogP contribution in [0.5, 0.6) is 0 Å². The summed E-state index contributed by atoms with van der Waals surface area (Å²) in [6.07, 6.45) is 12.1. The zero-order chi connectivity index (χ0) is 23.1. The van der Waals surface area contributed by atoms with Crippen LogP contribution in [-0.2, 0) is 11.2 Å². The second-order valence-corrected chi connectivity index (χ2v) is 9.70. The molecule has 0 saturated carbocycles. The number of benzene rings is 1. The molecule has 1 heterocycles. The van der Waals surface area contributed by atoms with Crippen molar-refractivity contribution in [2.75, 3.05) is 18.4 Å². The first-order valence-electron chi connectivity index (χ1n) is 12.1. The second kappa shape index (κ2) is 11.0. The van der Waals surface area contributed by atoms with Crippen LogP contribution in [0.4, 0.5) is 5.69 Å². The lowest BCUT2D eigenvalue weighted by Gasteiger charge is -2.32. The molecular formula is C27H40N4O. The van der Waals surface area contributed by atoms with Gasteiger partial charge in [0.15, 0.2) is 5.78 Å². The fourth-order valence-electron chi connectivity index (χ4n) is 4.96. The smallest absolute Gasteiger partial charge is 0.173 e. The van der Waals surface area contributed by atoms with Crippen LogP contribution in [-0.4, -0.2) is 47.7 Å². The van der Waals surface area contributed by atoms with Crippen molar-refractivity contribution in [2.24, 2.45) is 16.1 Å². The van der Waals surface area contributed by atoms with Crippen molar-refractivity contribution in [1.29, 1.82) is 0 Å². The summed E-state index contributed by atoms with van der Waals surface area (Å²) in [6.45, 7) is 10.8. The van der Waals surface area contributed by atoms with E-state index in [1.54, 1.807) is 12.2 Å². The second-order valence-electron chi connectivity index (χ2n) is 9.70. The SMILES string of the molecule is CC(C)N(CCCCCC1(C(N)=NC2CNc3ccccc3C2)C=CC=CC1=O)C(C)C. The van der Waals surface area contributed by atoms with Crippen molar-refractivity contribution >= 4 is 17.3 Å². The number of nitrogens with one attached hydrogen (secondary N) is 1. The van der Waals surface area contributed by atoms with Crippen molar-refractivity contribution in [3.05, 3.63) is 54.1 Å².